The van der Waals surface area contributed by atoms with Crippen LogP contribution in [0, 0.1) is 5.92 Å². The fraction of sp³-hybridized carbons (Fsp3) is 0.455. The first-order valence-electron chi connectivity index (χ1n) is 10.4. The average molecular weight is 408 g/mol. The molecule has 0 radical (unpaired) electrons. The van der Waals surface area contributed by atoms with E-state index in [9.17, 15) is 14.4 Å². The molecule has 30 heavy (non-hydrogen) atoms. The lowest BCUT2D eigenvalue weighted by Crippen LogP contribution is -2.61. The largest absolute Gasteiger partial charge is 0.378 e. The van der Waals surface area contributed by atoms with E-state index in [4.69, 9.17) is 4.74 Å². The van der Waals surface area contributed by atoms with Crippen molar-refractivity contribution in [2.75, 3.05) is 45.9 Å². The Morgan fingerprint density at radius 3 is 2.53 bits per heavy atom. The zero-order valence-corrected chi connectivity index (χ0v) is 16.7. The van der Waals surface area contributed by atoms with Crippen molar-refractivity contribution in [3.63, 3.8) is 0 Å². The summed E-state index contributed by atoms with van der Waals surface area (Å²) in [6.45, 7) is 3.70. The number of amides is 3. The van der Waals surface area contributed by atoms with Gasteiger partial charge in [-0.2, -0.15) is 0 Å². The lowest BCUT2D eigenvalue weighted by Gasteiger charge is -2.44. The van der Waals surface area contributed by atoms with Crippen LogP contribution in [0.15, 0.2) is 36.4 Å². The second kappa shape index (κ2) is 7.68. The summed E-state index contributed by atoms with van der Waals surface area (Å²) in [6, 6.07) is 11.3. The highest BCUT2D eigenvalue weighted by Gasteiger charge is 2.44. The molecule has 3 saturated heterocycles. The van der Waals surface area contributed by atoms with Crippen molar-refractivity contribution in [3.8, 4) is 0 Å². The van der Waals surface area contributed by atoms with Gasteiger partial charge in [0.15, 0.2) is 0 Å². The van der Waals surface area contributed by atoms with Crippen molar-refractivity contribution in [1.29, 1.82) is 0 Å². The zero-order valence-electron chi connectivity index (χ0n) is 16.7. The minimum absolute atomic E-state index is 0.00235. The molecule has 8 nitrogen and oxygen atoms in total. The number of nitrogens with zero attached hydrogens (tertiary/aromatic N) is 4. The highest BCUT2D eigenvalue weighted by molar-refractivity contribution is 5.96. The van der Waals surface area contributed by atoms with E-state index in [0.717, 1.165) is 10.9 Å². The normalized spacial score (nSPS) is 22.5. The van der Waals surface area contributed by atoms with E-state index in [-0.39, 0.29) is 36.1 Å². The van der Waals surface area contributed by atoms with Gasteiger partial charge >= 0.3 is 0 Å². The molecule has 3 amide bonds. The summed E-state index contributed by atoms with van der Waals surface area (Å²) < 4.78 is 5.30. The molecular weight excluding hydrogens is 384 g/mol. The van der Waals surface area contributed by atoms with Crippen LogP contribution < -0.4 is 0 Å². The molecule has 0 spiro atoms. The number of hydrogen-bond donors (Lipinski definition) is 0. The number of carbonyl (C=O) groups is 3. The van der Waals surface area contributed by atoms with E-state index in [1.165, 1.54) is 0 Å². The van der Waals surface area contributed by atoms with Crippen LogP contribution in [-0.4, -0.2) is 89.4 Å². The number of fused-ring (bicyclic) bond motifs is 1. The van der Waals surface area contributed by atoms with E-state index in [0.29, 0.717) is 51.6 Å². The Balaban J connectivity index is 1.19. The van der Waals surface area contributed by atoms with Crippen LogP contribution in [0.3, 0.4) is 0 Å². The predicted octanol–water partition coefficient (Wildman–Crippen LogP) is 0.766. The van der Waals surface area contributed by atoms with Crippen molar-refractivity contribution in [2.24, 2.45) is 5.92 Å². The molecule has 0 N–H and O–H groups in total. The Hall–Kier alpha value is -3.00. The van der Waals surface area contributed by atoms with E-state index >= 15 is 0 Å². The summed E-state index contributed by atoms with van der Waals surface area (Å²) in [5.74, 6) is -0.364. The fourth-order valence-electron chi connectivity index (χ4n) is 4.46. The minimum Gasteiger partial charge on any atom is -0.378 e. The maximum absolute atomic E-state index is 12.8. The lowest BCUT2D eigenvalue weighted by molar-refractivity contribution is -0.139. The number of carbonyl (C=O) groups excluding carboxylic acids is 3. The zero-order chi connectivity index (χ0) is 20.7. The van der Waals surface area contributed by atoms with E-state index < -0.39 is 0 Å². The summed E-state index contributed by atoms with van der Waals surface area (Å²) in [5, 5.41) is 0.995. The third-order valence-corrected chi connectivity index (χ3v) is 6.24. The van der Waals surface area contributed by atoms with E-state index in [1.807, 2.05) is 30.3 Å². The van der Waals surface area contributed by atoms with Crippen molar-refractivity contribution in [3.05, 3.63) is 42.1 Å². The number of aromatic nitrogens is 1. The molecule has 1 aromatic carbocycles. The van der Waals surface area contributed by atoms with Crippen molar-refractivity contribution in [2.45, 2.75) is 12.5 Å². The SMILES string of the molecule is O=C(c1ccc2ccccc2n1)N1CC(N2CC(C(=O)N3CCOCC3)CC2=O)C1. The molecule has 3 aliphatic rings. The Morgan fingerprint density at radius 2 is 1.73 bits per heavy atom. The number of pyridine rings is 1. The maximum Gasteiger partial charge on any atom is 0.272 e. The van der Waals surface area contributed by atoms with E-state index in [2.05, 4.69) is 4.98 Å². The summed E-state index contributed by atoms with van der Waals surface area (Å²) in [7, 11) is 0. The number of likely N-dealkylation sites (tertiary alicyclic amines) is 2. The van der Waals surface area contributed by atoms with E-state index in [1.54, 1.807) is 20.8 Å². The van der Waals surface area contributed by atoms with Gasteiger partial charge in [-0.15, -0.1) is 0 Å². The smallest absolute Gasteiger partial charge is 0.272 e. The first-order valence-corrected chi connectivity index (χ1v) is 10.4. The van der Waals surface area contributed by atoms with Gasteiger partial charge in [0.05, 0.1) is 30.7 Å². The van der Waals surface area contributed by atoms with Crippen LogP contribution in [0.25, 0.3) is 10.9 Å². The van der Waals surface area contributed by atoms with Crippen LogP contribution in [0.1, 0.15) is 16.9 Å². The van der Waals surface area contributed by atoms with Crippen LogP contribution in [-0.2, 0) is 14.3 Å². The maximum atomic E-state index is 12.8. The second-order valence-electron chi connectivity index (χ2n) is 8.14. The molecular formula is C22H24N4O4. The van der Waals surface area contributed by atoms with Gasteiger partial charge in [-0.05, 0) is 12.1 Å². The minimum atomic E-state index is -0.289. The van der Waals surface area contributed by atoms with Gasteiger partial charge in [0.1, 0.15) is 5.69 Å². The van der Waals surface area contributed by atoms with Crippen molar-refractivity contribution < 1.29 is 19.1 Å². The highest BCUT2D eigenvalue weighted by atomic mass is 16.5. The van der Waals surface area contributed by atoms with Gasteiger partial charge in [-0.1, -0.05) is 24.3 Å². The molecule has 156 valence electrons. The Labute approximate surface area is 174 Å². The third kappa shape index (κ3) is 3.41. The number of rotatable bonds is 3. The second-order valence-corrected chi connectivity index (χ2v) is 8.14. The molecule has 1 unspecified atom stereocenters. The first kappa shape index (κ1) is 19.0. The summed E-state index contributed by atoms with van der Waals surface area (Å²) in [4.78, 5) is 47.8. The molecule has 4 heterocycles. The number of hydrogen-bond acceptors (Lipinski definition) is 5. The third-order valence-electron chi connectivity index (χ3n) is 6.24. The van der Waals surface area contributed by atoms with Gasteiger partial charge < -0.3 is 19.4 Å². The van der Waals surface area contributed by atoms with Gasteiger partial charge in [0, 0.05) is 44.5 Å². The monoisotopic (exact) mass is 408 g/mol. The Kier molecular flexibility index (Phi) is 4.86. The quantitative estimate of drug-likeness (QED) is 0.749. The van der Waals surface area contributed by atoms with Crippen molar-refractivity contribution in [1.82, 2.24) is 19.7 Å². The Morgan fingerprint density at radius 1 is 0.967 bits per heavy atom. The molecule has 2 aromatic rings. The predicted molar refractivity (Wildman–Crippen MR) is 109 cm³/mol. The molecule has 0 bridgehead atoms. The molecule has 1 atom stereocenters. The molecule has 8 heteroatoms. The summed E-state index contributed by atoms with van der Waals surface area (Å²) in [6.07, 6.45) is 0.257. The van der Waals surface area contributed by atoms with Crippen LogP contribution >= 0.6 is 0 Å². The van der Waals surface area contributed by atoms with Gasteiger partial charge in [-0.3, -0.25) is 14.4 Å². The first-order chi connectivity index (χ1) is 14.6. The van der Waals surface area contributed by atoms with Gasteiger partial charge in [0.2, 0.25) is 11.8 Å². The molecule has 3 fully saturated rings. The number of benzene rings is 1. The number of para-hydroxylation sites is 1. The van der Waals surface area contributed by atoms with Gasteiger partial charge in [-0.25, -0.2) is 4.98 Å². The summed E-state index contributed by atoms with van der Waals surface area (Å²) in [5.41, 5.74) is 1.21. The Bertz CT molecular complexity index is 998. The van der Waals surface area contributed by atoms with Crippen molar-refractivity contribution >= 4 is 28.6 Å². The van der Waals surface area contributed by atoms with Crippen LogP contribution in [0.2, 0.25) is 0 Å². The molecule has 3 aliphatic heterocycles. The fourth-order valence-corrected chi connectivity index (χ4v) is 4.46. The molecule has 0 saturated carbocycles. The average Bonchev–Trinajstić information content (AvgIpc) is 3.13. The summed E-state index contributed by atoms with van der Waals surface area (Å²) >= 11 is 0. The topological polar surface area (TPSA) is 83.1 Å². The standard InChI is InChI=1S/C22H24N4O4/c27-20-11-16(21(28)24-7-9-30-10-8-24)12-26(20)17-13-25(14-17)22(29)19-6-5-15-3-1-2-4-18(15)23-19/h1-6,16-17H,7-14H2. The molecule has 0 aliphatic carbocycles. The molecule has 5 rings (SSSR count). The number of morpholine rings is 1. The lowest BCUT2D eigenvalue weighted by atomic mass is 10.1. The molecule has 1 aromatic heterocycles. The number of ether oxygens (including phenoxy) is 1. The van der Waals surface area contributed by atoms with Crippen LogP contribution in [0.4, 0.5) is 0 Å². The van der Waals surface area contributed by atoms with Crippen LogP contribution in [0.5, 0.6) is 0 Å². The van der Waals surface area contributed by atoms with Gasteiger partial charge in [0.25, 0.3) is 5.91 Å². The highest BCUT2D eigenvalue weighted by Crippen LogP contribution is 2.27.